The van der Waals surface area contributed by atoms with Crippen molar-refractivity contribution < 1.29 is 9.90 Å². The van der Waals surface area contributed by atoms with Crippen LogP contribution in [0.5, 0.6) is 5.75 Å². The molecule has 7 nitrogen and oxygen atoms in total. The van der Waals surface area contributed by atoms with Crippen molar-refractivity contribution in [2.75, 3.05) is 58.9 Å². The molecule has 3 rings (SSSR count). The fourth-order valence-corrected chi connectivity index (χ4v) is 4.11. The second kappa shape index (κ2) is 11.8. The fourth-order valence-electron chi connectivity index (χ4n) is 4.11. The van der Waals surface area contributed by atoms with Crippen molar-refractivity contribution in [2.24, 2.45) is 4.99 Å². The summed E-state index contributed by atoms with van der Waals surface area (Å²) in [5.74, 6) is 1.58. The summed E-state index contributed by atoms with van der Waals surface area (Å²) in [5, 5.41) is 12.8. The van der Waals surface area contributed by atoms with Gasteiger partial charge in [-0.3, -0.25) is 14.7 Å². The number of nitrogens with one attached hydrogen (secondary N) is 1. The van der Waals surface area contributed by atoms with E-state index in [1.54, 1.807) is 12.1 Å². The van der Waals surface area contributed by atoms with E-state index in [2.05, 4.69) is 22.0 Å². The second-order valence-corrected chi connectivity index (χ2v) is 8.21. The van der Waals surface area contributed by atoms with Crippen LogP contribution in [-0.2, 0) is 11.2 Å². The van der Waals surface area contributed by atoms with Gasteiger partial charge in [0.25, 0.3) is 0 Å². The Kier molecular flexibility index (Phi) is 8.81. The number of benzene rings is 1. The Morgan fingerprint density at radius 3 is 2.37 bits per heavy atom. The van der Waals surface area contributed by atoms with Crippen LogP contribution < -0.4 is 5.32 Å². The van der Waals surface area contributed by atoms with E-state index >= 15 is 0 Å². The molecule has 0 unspecified atom stereocenters. The van der Waals surface area contributed by atoms with Crippen molar-refractivity contribution in [3.05, 3.63) is 29.8 Å². The maximum Gasteiger partial charge on any atom is 0.236 e. The third kappa shape index (κ3) is 6.90. The molecule has 0 atom stereocenters. The van der Waals surface area contributed by atoms with Gasteiger partial charge in [-0.05, 0) is 56.7 Å². The number of guanidine groups is 1. The highest BCUT2D eigenvalue weighted by atomic mass is 16.3. The number of hydrogen-bond acceptors (Lipinski definition) is 4. The van der Waals surface area contributed by atoms with Gasteiger partial charge in [-0.25, -0.2) is 0 Å². The van der Waals surface area contributed by atoms with Gasteiger partial charge < -0.3 is 20.2 Å². The quantitative estimate of drug-likeness (QED) is 0.404. The third-order valence-corrected chi connectivity index (χ3v) is 5.90. The Labute approximate surface area is 180 Å². The van der Waals surface area contributed by atoms with Crippen LogP contribution in [-0.4, -0.2) is 90.6 Å². The van der Waals surface area contributed by atoms with Gasteiger partial charge in [-0.15, -0.1) is 0 Å². The number of aryl methyl sites for hydroxylation is 1. The molecular formula is C23H37N5O2. The number of phenols is 1. The Morgan fingerprint density at radius 2 is 1.70 bits per heavy atom. The summed E-state index contributed by atoms with van der Waals surface area (Å²) < 4.78 is 0. The monoisotopic (exact) mass is 415 g/mol. The Balaban J connectivity index is 1.42. The van der Waals surface area contributed by atoms with Gasteiger partial charge in [-0.2, -0.15) is 0 Å². The zero-order valence-electron chi connectivity index (χ0n) is 18.4. The molecule has 1 aromatic carbocycles. The average molecular weight is 416 g/mol. The van der Waals surface area contributed by atoms with Crippen molar-refractivity contribution in [1.82, 2.24) is 20.0 Å². The Bertz CT molecular complexity index is 677. The van der Waals surface area contributed by atoms with E-state index in [0.29, 0.717) is 12.3 Å². The third-order valence-electron chi connectivity index (χ3n) is 5.90. The molecule has 0 aliphatic carbocycles. The molecule has 2 heterocycles. The summed E-state index contributed by atoms with van der Waals surface area (Å²) in [5.41, 5.74) is 1.22. The van der Waals surface area contributed by atoms with Crippen LogP contribution in [0.3, 0.4) is 0 Å². The number of carbonyl (C=O) groups is 1. The number of hydrogen-bond donors (Lipinski definition) is 2. The zero-order valence-corrected chi connectivity index (χ0v) is 18.4. The molecule has 1 aromatic rings. The predicted molar refractivity (Wildman–Crippen MR) is 121 cm³/mol. The first-order valence-electron chi connectivity index (χ1n) is 11.5. The van der Waals surface area contributed by atoms with Crippen LogP contribution >= 0.6 is 0 Å². The van der Waals surface area contributed by atoms with Crippen molar-refractivity contribution in [1.29, 1.82) is 0 Å². The summed E-state index contributed by atoms with van der Waals surface area (Å²) in [6, 6.07) is 7.40. The van der Waals surface area contributed by atoms with E-state index in [0.717, 1.165) is 84.0 Å². The second-order valence-electron chi connectivity index (χ2n) is 8.21. The predicted octanol–water partition coefficient (Wildman–Crippen LogP) is 1.92. The fraction of sp³-hybridized carbons (Fsp3) is 0.652. The van der Waals surface area contributed by atoms with Crippen LogP contribution in [0.2, 0.25) is 0 Å². The van der Waals surface area contributed by atoms with Crippen LogP contribution in [0.4, 0.5) is 0 Å². The van der Waals surface area contributed by atoms with Crippen molar-refractivity contribution in [3.8, 4) is 5.75 Å². The maximum atomic E-state index is 12.5. The highest BCUT2D eigenvalue weighted by Crippen LogP contribution is 2.12. The van der Waals surface area contributed by atoms with Crippen molar-refractivity contribution in [2.45, 2.75) is 39.0 Å². The first-order chi connectivity index (χ1) is 14.7. The Hall–Kier alpha value is -2.28. The lowest BCUT2D eigenvalue weighted by molar-refractivity contribution is -0.133. The average Bonchev–Trinajstić information content (AvgIpc) is 2.78. The van der Waals surface area contributed by atoms with Crippen molar-refractivity contribution in [3.63, 3.8) is 0 Å². The zero-order chi connectivity index (χ0) is 21.2. The smallest absolute Gasteiger partial charge is 0.236 e. The van der Waals surface area contributed by atoms with E-state index in [1.807, 2.05) is 17.0 Å². The van der Waals surface area contributed by atoms with E-state index in [4.69, 9.17) is 4.99 Å². The number of carbonyl (C=O) groups excluding carboxylic acids is 1. The molecule has 2 aliphatic rings. The largest absolute Gasteiger partial charge is 0.508 e. The molecule has 166 valence electrons. The van der Waals surface area contributed by atoms with Crippen LogP contribution in [0, 0.1) is 0 Å². The van der Waals surface area contributed by atoms with Gasteiger partial charge in [0, 0.05) is 52.4 Å². The molecule has 0 spiro atoms. The van der Waals surface area contributed by atoms with E-state index in [1.165, 1.54) is 12.0 Å². The summed E-state index contributed by atoms with van der Waals surface area (Å²) in [4.78, 5) is 24.0. The topological polar surface area (TPSA) is 71.4 Å². The number of nitrogens with zero attached hydrogens (tertiary/aromatic N) is 4. The van der Waals surface area contributed by atoms with E-state index in [-0.39, 0.29) is 5.91 Å². The summed E-state index contributed by atoms with van der Waals surface area (Å²) in [6.07, 6.45) is 5.48. The van der Waals surface area contributed by atoms with E-state index in [9.17, 15) is 9.90 Å². The minimum atomic E-state index is 0.290. The first-order valence-corrected chi connectivity index (χ1v) is 11.5. The lowest BCUT2D eigenvalue weighted by Gasteiger charge is -2.37. The Morgan fingerprint density at radius 1 is 1.00 bits per heavy atom. The molecule has 0 radical (unpaired) electrons. The summed E-state index contributed by atoms with van der Waals surface area (Å²) in [6.45, 7) is 9.73. The lowest BCUT2D eigenvalue weighted by Crippen LogP contribution is -2.54. The highest BCUT2D eigenvalue weighted by Gasteiger charge is 2.23. The van der Waals surface area contributed by atoms with Crippen molar-refractivity contribution >= 4 is 11.9 Å². The number of piperidine rings is 1. The molecule has 2 N–H and O–H groups in total. The molecule has 7 heteroatoms. The maximum absolute atomic E-state index is 12.5. The molecule has 0 aromatic heterocycles. The number of piperazine rings is 1. The van der Waals surface area contributed by atoms with Crippen LogP contribution in [0.25, 0.3) is 0 Å². The molecule has 0 bridgehead atoms. The summed E-state index contributed by atoms with van der Waals surface area (Å²) >= 11 is 0. The van der Waals surface area contributed by atoms with Crippen LogP contribution in [0.15, 0.2) is 29.3 Å². The molecule has 2 aliphatic heterocycles. The lowest BCUT2D eigenvalue weighted by atomic mass is 10.1. The number of phenolic OH excluding ortho intramolecular Hbond substituents is 1. The molecule has 2 saturated heterocycles. The molecular weight excluding hydrogens is 378 g/mol. The van der Waals surface area contributed by atoms with Gasteiger partial charge in [0.05, 0.1) is 6.54 Å². The highest BCUT2D eigenvalue weighted by molar-refractivity contribution is 5.80. The van der Waals surface area contributed by atoms with Crippen LogP contribution in [0.1, 0.15) is 38.2 Å². The number of aliphatic imine (C=N–C) groups is 1. The van der Waals surface area contributed by atoms with Gasteiger partial charge in [0.2, 0.25) is 5.91 Å². The molecule has 2 fully saturated rings. The minimum absolute atomic E-state index is 0.290. The number of amides is 1. The van der Waals surface area contributed by atoms with Gasteiger partial charge in [0.15, 0.2) is 5.96 Å². The molecule has 30 heavy (non-hydrogen) atoms. The standard InChI is InChI=1S/C23H37N5O2/c1-2-24-23(25-12-6-7-20-8-10-21(29)11-9-20)28-17-15-26(16-18-28)19-22(30)27-13-4-3-5-14-27/h8-11,29H,2-7,12-19H2,1H3,(H,24,25). The first kappa shape index (κ1) is 22.4. The van der Waals surface area contributed by atoms with Gasteiger partial charge in [-0.1, -0.05) is 12.1 Å². The van der Waals surface area contributed by atoms with Gasteiger partial charge in [0.1, 0.15) is 5.75 Å². The van der Waals surface area contributed by atoms with E-state index < -0.39 is 0 Å². The normalized spacial score (nSPS) is 18.5. The number of likely N-dealkylation sites (tertiary alicyclic amines) is 1. The molecule has 1 amide bonds. The molecule has 0 saturated carbocycles. The minimum Gasteiger partial charge on any atom is -0.508 e. The number of rotatable bonds is 7. The SMILES string of the molecule is CCNC(=NCCCc1ccc(O)cc1)N1CCN(CC(=O)N2CCCCC2)CC1. The van der Waals surface area contributed by atoms with Gasteiger partial charge >= 0.3 is 0 Å². The number of aromatic hydroxyl groups is 1. The summed E-state index contributed by atoms with van der Waals surface area (Å²) in [7, 11) is 0.